The van der Waals surface area contributed by atoms with E-state index in [0.717, 1.165) is 23.3 Å². The van der Waals surface area contributed by atoms with Crippen LogP contribution in [0.1, 0.15) is 18.1 Å². The Morgan fingerprint density at radius 3 is 2.18 bits per heavy atom. The highest BCUT2D eigenvalue weighted by molar-refractivity contribution is 7.92. The topological polar surface area (TPSA) is 114 Å². The summed E-state index contributed by atoms with van der Waals surface area (Å²) in [6, 6.07) is 23.8. The molecule has 0 aliphatic rings. The summed E-state index contributed by atoms with van der Waals surface area (Å²) in [5, 5.41) is 3.35. The van der Waals surface area contributed by atoms with Gasteiger partial charge in [-0.1, -0.05) is 41.9 Å². The third-order valence-corrected chi connectivity index (χ3v) is 8.45. The molecular formula is C32H31ClFN3O6S. The third kappa shape index (κ3) is 8.71. The molecule has 230 valence electrons. The smallest absolute Gasteiger partial charge is 0.261 e. The molecule has 0 bridgehead atoms. The van der Waals surface area contributed by atoms with E-state index in [0.29, 0.717) is 10.8 Å². The summed E-state index contributed by atoms with van der Waals surface area (Å²) in [5.41, 5.74) is 1.72. The van der Waals surface area contributed by atoms with Crippen molar-refractivity contribution < 1.29 is 31.9 Å². The fourth-order valence-electron chi connectivity index (χ4n) is 4.16. The third-order valence-electron chi connectivity index (χ3n) is 6.68. The number of rotatable bonds is 13. The van der Waals surface area contributed by atoms with Gasteiger partial charge in [-0.05, 0) is 84.8 Å². The number of hydrogen-bond acceptors (Lipinski definition) is 6. The van der Waals surface area contributed by atoms with Crippen LogP contribution in [0.3, 0.4) is 0 Å². The number of hydrogen-bond donors (Lipinski definition) is 2. The summed E-state index contributed by atoms with van der Waals surface area (Å²) in [6.07, 6.45) is 0. The number of benzene rings is 4. The van der Waals surface area contributed by atoms with Gasteiger partial charge in [-0.2, -0.15) is 0 Å². The number of halogens is 2. The molecular weight excluding hydrogens is 609 g/mol. The normalized spacial score (nSPS) is 11.7. The molecule has 44 heavy (non-hydrogen) atoms. The van der Waals surface area contributed by atoms with Gasteiger partial charge in [0.1, 0.15) is 23.4 Å². The lowest BCUT2D eigenvalue weighted by atomic mass is 10.1. The summed E-state index contributed by atoms with van der Waals surface area (Å²) in [7, 11) is -2.39. The van der Waals surface area contributed by atoms with E-state index in [1.807, 2.05) is 6.07 Å². The molecule has 2 amide bonds. The van der Waals surface area contributed by atoms with Crippen molar-refractivity contribution in [3.63, 3.8) is 0 Å². The molecule has 0 heterocycles. The molecule has 0 radical (unpaired) electrons. The van der Waals surface area contributed by atoms with Crippen molar-refractivity contribution in [1.29, 1.82) is 0 Å². The maximum absolute atomic E-state index is 13.4. The fourth-order valence-corrected chi connectivity index (χ4v) is 5.42. The lowest BCUT2D eigenvalue weighted by Gasteiger charge is -2.29. The van der Waals surface area contributed by atoms with Crippen molar-refractivity contribution in [3.8, 4) is 11.5 Å². The summed E-state index contributed by atoms with van der Waals surface area (Å²) < 4.78 is 51.8. The Kier molecular flexibility index (Phi) is 10.8. The van der Waals surface area contributed by atoms with E-state index >= 15 is 0 Å². The van der Waals surface area contributed by atoms with Crippen LogP contribution >= 0.6 is 11.6 Å². The van der Waals surface area contributed by atoms with Crippen molar-refractivity contribution >= 4 is 39.1 Å². The van der Waals surface area contributed by atoms with Gasteiger partial charge < -0.3 is 19.7 Å². The van der Waals surface area contributed by atoms with E-state index in [2.05, 4.69) is 10.0 Å². The minimum atomic E-state index is -3.94. The molecule has 0 aliphatic carbocycles. The highest BCUT2D eigenvalue weighted by Crippen LogP contribution is 2.21. The second-order valence-electron chi connectivity index (χ2n) is 9.73. The van der Waals surface area contributed by atoms with E-state index in [-0.39, 0.29) is 35.3 Å². The Labute approximate surface area is 260 Å². The zero-order chi connectivity index (χ0) is 31.7. The number of carbonyl (C=O) groups is 2. The Hall–Kier alpha value is -4.61. The van der Waals surface area contributed by atoms with Gasteiger partial charge in [-0.3, -0.25) is 14.3 Å². The van der Waals surface area contributed by atoms with Gasteiger partial charge >= 0.3 is 0 Å². The molecule has 1 atom stereocenters. The van der Waals surface area contributed by atoms with Gasteiger partial charge in [-0.25, -0.2) is 12.8 Å². The zero-order valence-electron chi connectivity index (χ0n) is 24.0. The summed E-state index contributed by atoms with van der Waals surface area (Å²) in [5.74, 6) is -0.428. The number of carbonyl (C=O) groups excluding carboxylic acids is 2. The van der Waals surface area contributed by atoms with Crippen LogP contribution in [0.4, 0.5) is 10.1 Å². The summed E-state index contributed by atoms with van der Waals surface area (Å²) >= 11 is 6.22. The van der Waals surface area contributed by atoms with Crippen LogP contribution in [0.25, 0.3) is 0 Å². The quantitative estimate of drug-likeness (QED) is 0.203. The Morgan fingerprint density at radius 2 is 1.55 bits per heavy atom. The van der Waals surface area contributed by atoms with E-state index in [1.54, 1.807) is 56.5 Å². The molecule has 0 saturated heterocycles. The molecule has 2 N–H and O–H groups in total. The predicted molar refractivity (Wildman–Crippen MR) is 165 cm³/mol. The SMILES string of the molecule is COc1ccc(CN(C(=O)COc2ccc(S(=O)(=O)Nc3ccc(F)cc3)cc2)C(C)C(=O)NCc2ccccc2Cl)cc1. The predicted octanol–water partition coefficient (Wildman–Crippen LogP) is 5.40. The van der Waals surface area contributed by atoms with Crippen molar-refractivity contribution in [2.45, 2.75) is 31.0 Å². The number of sulfonamides is 1. The maximum Gasteiger partial charge on any atom is 0.261 e. The molecule has 1 unspecified atom stereocenters. The number of nitrogens with zero attached hydrogens (tertiary/aromatic N) is 1. The van der Waals surface area contributed by atoms with E-state index < -0.39 is 34.4 Å². The molecule has 0 spiro atoms. The molecule has 4 aromatic rings. The Balaban J connectivity index is 1.43. The molecule has 0 aromatic heterocycles. The van der Waals surface area contributed by atoms with Gasteiger partial charge in [0.25, 0.3) is 15.9 Å². The minimum absolute atomic E-state index is 0.0505. The first-order valence-corrected chi connectivity index (χ1v) is 15.4. The van der Waals surface area contributed by atoms with Gasteiger partial charge in [0.15, 0.2) is 6.61 Å². The molecule has 4 rings (SSSR count). The molecule has 9 nitrogen and oxygen atoms in total. The first kappa shape index (κ1) is 32.3. The lowest BCUT2D eigenvalue weighted by molar-refractivity contribution is -0.142. The lowest BCUT2D eigenvalue weighted by Crippen LogP contribution is -2.48. The molecule has 0 saturated carbocycles. The first-order chi connectivity index (χ1) is 21.1. The van der Waals surface area contributed by atoms with Crippen LogP contribution in [0.2, 0.25) is 5.02 Å². The van der Waals surface area contributed by atoms with Gasteiger partial charge in [0.2, 0.25) is 5.91 Å². The number of nitrogens with one attached hydrogen (secondary N) is 2. The van der Waals surface area contributed by atoms with Crippen LogP contribution < -0.4 is 19.5 Å². The zero-order valence-corrected chi connectivity index (χ0v) is 25.6. The van der Waals surface area contributed by atoms with Crippen molar-refractivity contribution in [2.24, 2.45) is 0 Å². The van der Waals surface area contributed by atoms with E-state index in [1.165, 1.54) is 41.3 Å². The molecule has 0 aliphatic heterocycles. The molecule has 4 aromatic carbocycles. The second-order valence-corrected chi connectivity index (χ2v) is 11.8. The average Bonchev–Trinajstić information content (AvgIpc) is 3.03. The monoisotopic (exact) mass is 639 g/mol. The van der Waals surface area contributed by atoms with Gasteiger partial charge in [0, 0.05) is 23.8 Å². The largest absolute Gasteiger partial charge is 0.497 e. The number of amides is 2. The highest BCUT2D eigenvalue weighted by Gasteiger charge is 2.27. The van der Waals surface area contributed by atoms with Gasteiger partial charge in [0.05, 0.1) is 12.0 Å². The number of ether oxygens (including phenoxy) is 2. The van der Waals surface area contributed by atoms with E-state index in [9.17, 15) is 22.4 Å². The van der Waals surface area contributed by atoms with Crippen LogP contribution in [0, 0.1) is 5.82 Å². The van der Waals surface area contributed by atoms with Crippen LogP contribution in [-0.2, 0) is 32.7 Å². The summed E-state index contributed by atoms with van der Waals surface area (Å²) in [6.45, 7) is 1.53. The van der Waals surface area contributed by atoms with Gasteiger partial charge in [-0.15, -0.1) is 0 Å². The minimum Gasteiger partial charge on any atom is -0.497 e. The second kappa shape index (κ2) is 14.7. The van der Waals surface area contributed by atoms with Crippen molar-refractivity contribution in [2.75, 3.05) is 18.4 Å². The van der Waals surface area contributed by atoms with Crippen molar-refractivity contribution in [3.05, 3.63) is 119 Å². The standard InChI is InChI=1S/C32H31ClFN3O6S/c1-22(32(39)35-19-24-5-3-4-6-30(24)33)37(20-23-7-13-27(42-2)14-8-23)31(38)21-43-28-15-17-29(18-16-28)44(40,41)36-26-11-9-25(34)10-12-26/h3-18,22,36H,19-21H2,1-2H3,(H,35,39). The Bertz CT molecular complexity index is 1680. The fraction of sp³-hybridized carbons (Fsp3) is 0.188. The number of methoxy groups -OCH3 is 1. The molecule has 12 heteroatoms. The van der Waals surface area contributed by atoms with E-state index in [4.69, 9.17) is 21.1 Å². The summed E-state index contributed by atoms with van der Waals surface area (Å²) in [4.78, 5) is 27.9. The van der Waals surface area contributed by atoms with Crippen LogP contribution in [0.15, 0.2) is 102 Å². The van der Waals surface area contributed by atoms with Crippen molar-refractivity contribution in [1.82, 2.24) is 10.2 Å². The van der Waals surface area contributed by atoms with Crippen LogP contribution in [-0.4, -0.2) is 44.9 Å². The average molecular weight is 640 g/mol. The first-order valence-electron chi connectivity index (χ1n) is 13.5. The number of anilines is 1. The Morgan fingerprint density at radius 1 is 0.909 bits per heavy atom. The maximum atomic E-state index is 13.4. The van der Waals surface area contributed by atoms with Crippen LogP contribution in [0.5, 0.6) is 11.5 Å². The highest BCUT2D eigenvalue weighted by atomic mass is 35.5. The molecule has 0 fully saturated rings.